The molecule has 0 aliphatic carbocycles. The third-order valence-corrected chi connectivity index (χ3v) is 4.82. The van der Waals surface area contributed by atoms with E-state index < -0.39 is 0 Å². The van der Waals surface area contributed by atoms with Crippen molar-refractivity contribution < 1.29 is 0 Å². The molecule has 2 aromatic heterocycles. The summed E-state index contributed by atoms with van der Waals surface area (Å²) in [7, 11) is 0. The van der Waals surface area contributed by atoms with Crippen molar-refractivity contribution in [3.63, 3.8) is 0 Å². The van der Waals surface area contributed by atoms with Gasteiger partial charge in [0.05, 0.1) is 5.02 Å². The lowest BCUT2D eigenvalue weighted by molar-refractivity contribution is 0.887. The molecular weight excluding hydrogens is 355 g/mol. The number of hydrogen-bond donors (Lipinski definition) is 0. The van der Waals surface area contributed by atoms with E-state index in [0.29, 0.717) is 10.0 Å². The lowest BCUT2D eigenvalue weighted by Gasteiger charge is -2.11. The minimum atomic E-state index is 0.569. The van der Waals surface area contributed by atoms with Gasteiger partial charge in [-0.05, 0) is 38.0 Å². The van der Waals surface area contributed by atoms with Gasteiger partial charge in [-0.1, -0.05) is 43.1 Å². The zero-order valence-corrected chi connectivity index (χ0v) is 16.3. The number of rotatable bonds is 4. The molecule has 0 N–H and O–H groups in total. The highest BCUT2D eigenvalue weighted by atomic mass is 35.5. The molecule has 0 unspecified atom stereocenters. The smallest absolute Gasteiger partial charge is 0.168 e. The fourth-order valence-electron chi connectivity index (χ4n) is 3.15. The summed E-state index contributed by atoms with van der Waals surface area (Å²) in [6.07, 6.45) is 5.38. The van der Waals surface area contributed by atoms with Crippen LogP contribution in [0.1, 0.15) is 38.6 Å². The van der Waals surface area contributed by atoms with Gasteiger partial charge < -0.3 is 0 Å². The Balaban J connectivity index is 2.37. The largest absolute Gasteiger partial charge is 0.285 e. The van der Waals surface area contributed by atoms with E-state index >= 15 is 0 Å². The Morgan fingerprint density at radius 2 is 1.96 bits per heavy atom. The molecule has 25 heavy (non-hydrogen) atoms. The number of nitrogens with zero attached hydrogens (tertiary/aromatic N) is 4. The van der Waals surface area contributed by atoms with Crippen molar-refractivity contribution in [3.8, 4) is 11.3 Å². The molecule has 0 radical (unpaired) electrons. The van der Waals surface area contributed by atoms with E-state index in [1.807, 2.05) is 19.9 Å². The number of aryl methyl sites for hydroxylation is 2. The Labute approximate surface area is 157 Å². The van der Waals surface area contributed by atoms with Crippen LogP contribution in [0.25, 0.3) is 28.1 Å². The number of allylic oxidation sites excluding steroid dienone is 2. The van der Waals surface area contributed by atoms with Crippen LogP contribution in [-0.4, -0.2) is 19.5 Å². The van der Waals surface area contributed by atoms with E-state index in [4.69, 9.17) is 28.2 Å². The fourth-order valence-corrected chi connectivity index (χ4v) is 3.84. The van der Waals surface area contributed by atoms with Gasteiger partial charge in [0.25, 0.3) is 0 Å². The maximum absolute atomic E-state index is 6.48. The van der Waals surface area contributed by atoms with E-state index in [2.05, 4.69) is 34.5 Å². The number of hydrogen-bond acceptors (Lipinski definition) is 3. The summed E-state index contributed by atoms with van der Waals surface area (Å²) in [6.45, 7) is 8.23. The van der Waals surface area contributed by atoms with Gasteiger partial charge >= 0.3 is 0 Å². The second-order valence-electron chi connectivity index (χ2n) is 5.82. The Morgan fingerprint density at radius 3 is 2.56 bits per heavy atom. The molecule has 0 aliphatic heterocycles. The Bertz CT molecular complexity index is 950. The van der Waals surface area contributed by atoms with E-state index in [0.717, 1.165) is 46.7 Å². The normalized spacial score (nSPS) is 12.2. The Morgan fingerprint density at radius 1 is 1.20 bits per heavy atom. The maximum Gasteiger partial charge on any atom is 0.168 e. The molecule has 3 aromatic rings. The predicted molar refractivity (Wildman–Crippen MR) is 105 cm³/mol. The van der Waals surface area contributed by atoms with Gasteiger partial charge in [-0.15, -0.1) is 0 Å². The lowest BCUT2D eigenvalue weighted by atomic mass is 10.0. The molecule has 0 bridgehead atoms. The number of aromatic nitrogens is 4. The van der Waals surface area contributed by atoms with Gasteiger partial charge in [0.15, 0.2) is 5.65 Å². The average Bonchev–Trinajstić information content (AvgIpc) is 2.95. The molecule has 130 valence electrons. The molecule has 0 aliphatic rings. The van der Waals surface area contributed by atoms with Gasteiger partial charge in [0, 0.05) is 22.7 Å². The number of halogens is 2. The number of benzene rings is 1. The maximum atomic E-state index is 6.48. The molecular formula is C19H20Cl2N4. The standard InChI is InChI=1S/C19H20Cl2N4/c1-5-13(6-2)25-15(7-3)24-18-17(22-10-23-19(18)25)16-11(4)8-12(20)9-14(16)21/h5,8-10H,6-7H2,1-4H3. The zero-order chi connectivity index (χ0) is 18.1. The highest BCUT2D eigenvalue weighted by Gasteiger charge is 2.20. The summed E-state index contributed by atoms with van der Waals surface area (Å²) in [4.78, 5) is 13.8. The van der Waals surface area contributed by atoms with Crippen LogP contribution in [-0.2, 0) is 6.42 Å². The van der Waals surface area contributed by atoms with Gasteiger partial charge in [-0.25, -0.2) is 15.0 Å². The Kier molecular flexibility index (Phi) is 5.11. The average molecular weight is 375 g/mol. The SMILES string of the molecule is CC=C(CC)n1c(CC)nc2c(-c3c(C)cc(Cl)cc3Cl)ncnc21. The highest BCUT2D eigenvalue weighted by molar-refractivity contribution is 6.36. The van der Waals surface area contributed by atoms with Crippen LogP contribution in [0, 0.1) is 6.92 Å². The topological polar surface area (TPSA) is 43.6 Å². The van der Waals surface area contributed by atoms with Crippen molar-refractivity contribution in [1.29, 1.82) is 0 Å². The van der Waals surface area contributed by atoms with E-state index in [1.165, 1.54) is 5.70 Å². The summed E-state index contributed by atoms with van der Waals surface area (Å²) in [6, 6.07) is 3.62. The van der Waals surface area contributed by atoms with Crippen molar-refractivity contribution in [2.24, 2.45) is 0 Å². The van der Waals surface area contributed by atoms with Gasteiger partial charge in [0.1, 0.15) is 23.4 Å². The first kappa shape index (κ1) is 17.9. The van der Waals surface area contributed by atoms with Gasteiger partial charge in [0.2, 0.25) is 0 Å². The summed E-state index contributed by atoms with van der Waals surface area (Å²) in [5.41, 5.74) is 5.30. The molecule has 1 aromatic carbocycles. The van der Waals surface area contributed by atoms with Crippen LogP contribution in [0.15, 0.2) is 24.5 Å². The minimum Gasteiger partial charge on any atom is -0.285 e. The number of fused-ring (bicyclic) bond motifs is 1. The quantitative estimate of drug-likeness (QED) is 0.567. The third kappa shape index (κ3) is 3.05. The van der Waals surface area contributed by atoms with E-state index in [9.17, 15) is 0 Å². The van der Waals surface area contributed by atoms with E-state index in [1.54, 1.807) is 12.4 Å². The van der Waals surface area contributed by atoms with Crippen molar-refractivity contribution in [3.05, 3.63) is 46.0 Å². The van der Waals surface area contributed by atoms with Crippen LogP contribution < -0.4 is 0 Å². The summed E-state index contributed by atoms with van der Waals surface area (Å²) in [5, 5.41) is 1.18. The first-order valence-electron chi connectivity index (χ1n) is 8.35. The van der Waals surface area contributed by atoms with Crippen LogP contribution in [0.5, 0.6) is 0 Å². The molecule has 4 nitrogen and oxygen atoms in total. The molecule has 0 atom stereocenters. The van der Waals surface area contributed by atoms with Gasteiger partial charge in [-0.2, -0.15) is 0 Å². The van der Waals surface area contributed by atoms with Crippen LogP contribution in [0.4, 0.5) is 0 Å². The third-order valence-electron chi connectivity index (χ3n) is 4.30. The van der Waals surface area contributed by atoms with Crippen LogP contribution >= 0.6 is 23.2 Å². The first-order chi connectivity index (χ1) is 12.0. The molecule has 0 spiro atoms. The van der Waals surface area contributed by atoms with Gasteiger partial charge in [-0.3, -0.25) is 4.57 Å². The minimum absolute atomic E-state index is 0.569. The van der Waals surface area contributed by atoms with Crippen LogP contribution in [0.3, 0.4) is 0 Å². The second-order valence-corrected chi connectivity index (χ2v) is 6.67. The molecule has 2 heterocycles. The van der Waals surface area contributed by atoms with Crippen molar-refractivity contribution in [2.45, 2.75) is 40.5 Å². The monoisotopic (exact) mass is 374 g/mol. The van der Waals surface area contributed by atoms with Crippen molar-refractivity contribution >= 4 is 40.1 Å². The Hall–Kier alpha value is -1.91. The fraction of sp³-hybridized carbons (Fsp3) is 0.316. The summed E-state index contributed by atoms with van der Waals surface area (Å²) in [5.74, 6) is 0.967. The molecule has 3 rings (SSSR count). The highest BCUT2D eigenvalue weighted by Crippen LogP contribution is 2.36. The zero-order valence-electron chi connectivity index (χ0n) is 14.8. The summed E-state index contributed by atoms with van der Waals surface area (Å²) < 4.78 is 2.12. The lowest BCUT2D eigenvalue weighted by Crippen LogP contribution is -2.02. The van der Waals surface area contributed by atoms with Crippen molar-refractivity contribution in [2.75, 3.05) is 0 Å². The molecule has 0 amide bonds. The van der Waals surface area contributed by atoms with E-state index in [-0.39, 0.29) is 0 Å². The molecule has 0 saturated heterocycles. The number of imidazole rings is 1. The predicted octanol–water partition coefficient (Wildman–Crippen LogP) is 5.94. The first-order valence-corrected chi connectivity index (χ1v) is 9.11. The van der Waals surface area contributed by atoms with Crippen molar-refractivity contribution in [1.82, 2.24) is 19.5 Å². The molecule has 0 fully saturated rings. The second kappa shape index (κ2) is 7.14. The molecule has 0 saturated carbocycles. The molecule has 6 heteroatoms. The van der Waals surface area contributed by atoms with Crippen LogP contribution in [0.2, 0.25) is 10.0 Å². The summed E-state index contributed by atoms with van der Waals surface area (Å²) >= 11 is 12.6.